The molecule has 9 nitrogen and oxygen atoms in total. The summed E-state index contributed by atoms with van der Waals surface area (Å²) in [5.74, 6) is 1.75. The second-order valence-electron chi connectivity index (χ2n) is 5.95. The van der Waals surface area contributed by atoms with Crippen LogP contribution < -0.4 is 15.5 Å². The molecule has 1 aliphatic rings. The van der Waals surface area contributed by atoms with Crippen LogP contribution in [-0.4, -0.2) is 73.0 Å². The van der Waals surface area contributed by atoms with E-state index in [9.17, 15) is 0 Å². The zero-order chi connectivity index (χ0) is 18.4. The van der Waals surface area contributed by atoms with Gasteiger partial charge >= 0.3 is 0 Å². The molecule has 140 valence electrons. The van der Waals surface area contributed by atoms with Crippen molar-refractivity contribution in [1.82, 2.24) is 19.9 Å². The van der Waals surface area contributed by atoms with Crippen molar-refractivity contribution in [2.24, 2.45) is 0 Å². The Bertz CT molecular complexity index is 705. The van der Waals surface area contributed by atoms with Gasteiger partial charge in [0.25, 0.3) is 0 Å². The molecule has 2 N–H and O–H groups in total. The van der Waals surface area contributed by atoms with Crippen LogP contribution in [0, 0.1) is 0 Å². The van der Waals surface area contributed by atoms with Crippen LogP contribution in [0.2, 0.25) is 0 Å². The molecule has 26 heavy (non-hydrogen) atoms. The number of nitrogen functional groups attached to an aromatic ring is 1. The fourth-order valence-corrected chi connectivity index (χ4v) is 2.53. The molecule has 1 aliphatic heterocycles. The van der Waals surface area contributed by atoms with Crippen LogP contribution in [0.1, 0.15) is 6.92 Å². The van der Waals surface area contributed by atoms with Gasteiger partial charge in [-0.15, -0.1) is 0 Å². The van der Waals surface area contributed by atoms with E-state index in [1.165, 1.54) is 0 Å². The van der Waals surface area contributed by atoms with Gasteiger partial charge in [-0.1, -0.05) is 0 Å². The lowest BCUT2D eigenvalue weighted by atomic mass is 10.3. The monoisotopic (exact) mass is 359 g/mol. The number of morpholine rings is 1. The van der Waals surface area contributed by atoms with Crippen molar-refractivity contribution in [2.45, 2.75) is 6.92 Å². The average Bonchev–Trinajstić information content (AvgIpc) is 2.69. The van der Waals surface area contributed by atoms with E-state index in [1.54, 1.807) is 12.3 Å². The Kier molecular flexibility index (Phi) is 6.13. The Balaban J connectivity index is 1.91. The van der Waals surface area contributed by atoms with E-state index in [0.717, 1.165) is 13.1 Å². The predicted molar refractivity (Wildman–Crippen MR) is 100 cm³/mol. The third-order valence-corrected chi connectivity index (χ3v) is 4.04. The summed E-state index contributed by atoms with van der Waals surface area (Å²) in [5.41, 5.74) is 7.00. The lowest BCUT2D eigenvalue weighted by molar-refractivity contribution is 0.122. The maximum absolute atomic E-state index is 5.74. The first-order chi connectivity index (χ1) is 12.7. The summed E-state index contributed by atoms with van der Waals surface area (Å²) < 4.78 is 10.9. The van der Waals surface area contributed by atoms with Gasteiger partial charge in [0.15, 0.2) is 5.82 Å². The van der Waals surface area contributed by atoms with Crippen molar-refractivity contribution in [3.8, 4) is 11.5 Å². The number of ether oxygens (including phenoxy) is 2. The Labute approximate surface area is 153 Å². The standard InChI is InChI=1S/C17H25N7O2/c1-3-25-9-6-23(2)16-20-15(14-5-4-13(18)12-19-14)21-17(22-16)24-7-10-26-11-8-24/h4-5,12H,3,6-11,18H2,1-2H3. The van der Waals surface area contributed by atoms with Gasteiger partial charge in [0.05, 0.1) is 31.7 Å². The van der Waals surface area contributed by atoms with Gasteiger partial charge in [0.2, 0.25) is 11.9 Å². The SMILES string of the molecule is CCOCCN(C)c1nc(-c2ccc(N)cn2)nc(N2CCOCC2)n1. The molecule has 1 fully saturated rings. The highest BCUT2D eigenvalue weighted by molar-refractivity contribution is 5.56. The highest BCUT2D eigenvalue weighted by atomic mass is 16.5. The molecule has 2 aromatic rings. The summed E-state index contributed by atoms with van der Waals surface area (Å²) in [4.78, 5) is 22.3. The highest BCUT2D eigenvalue weighted by Crippen LogP contribution is 2.20. The van der Waals surface area contributed by atoms with Crippen LogP contribution in [0.4, 0.5) is 17.6 Å². The lowest BCUT2D eigenvalue weighted by Crippen LogP contribution is -2.38. The van der Waals surface area contributed by atoms with Crippen molar-refractivity contribution >= 4 is 17.6 Å². The van der Waals surface area contributed by atoms with Crippen molar-refractivity contribution in [2.75, 3.05) is 68.6 Å². The molecule has 2 aromatic heterocycles. The quantitative estimate of drug-likeness (QED) is 0.720. The second kappa shape index (κ2) is 8.72. The minimum absolute atomic E-state index is 0.528. The predicted octanol–water partition coefficient (Wildman–Crippen LogP) is 0.825. The van der Waals surface area contributed by atoms with Gasteiger partial charge in [-0.3, -0.25) is 4.98 Å². The van der Waals surface area contributed by atoms with Gasteiger partial charge in [0.1, 0.15) is 5.69 Å². The smallest absolute Gasteiger partial charge is 0.230 e. The van der Waals surface area contributed by atoms with Gasteiger partial charge in [0, 0.05) is 33.3 Å². The molecule has 0 spiro atoms. The summed E-state index contributed by atoms with van der Waals surface area (Å²) in [6, 6.07) is 3.61. The Hall–Kier alpha value is -2.52. The van der Waals surface area contributed by atoms with E-state index < -0.39 is 0 Å². The fourth-order valence-electron chi connectivity index (χ4n) is 2.53. The number of hydrogen-bond acceptors (Lipinski definition) is 9. The summed E-state index contributed by atoms with van der Waals surface area (Å²) in [6.45, 7) is 6.79. The molecule has 0 bridgehead atoms. The number of hydrogen-bond donors (Lipinski definition) is 1. The molecule has 0 saturated carbocycles. The molecular weight excluding hydrogens is 334 g/mol. The van der Waals surface area contributed by atoms with Gasteiger partial charge in [-0.05, 0) is 19.1 Å². The Morgan fingerprint density at radius 1 is 1.23 bits per heavy atom. The number of likely N-dealkylation sites (N-methyl/N-ethyl adjacent to an activating group) is 1. The average molecular weight is 359 g/mol. The van der Waals surface area contributed by atoms with E-state index in [1.807, 2.05) is 24.9 Å². The van der Waals surface area contributed by atoms with E-state index in [2.05, 4.69) is 24.8 Å². The largest absolute Gasteiger partial charge is 0.397 e. The van der Waals surface area contributed by atoms with Crippen molar-refractivity contribution < 1.29 is 9.47 Å². The van der Waals surface area contributed by atoms with E-state index in [0.29, 0.717) is 62.1 Å². The number of aromatic nitrogens is 4. The Morgan fingerprint density at radius 2 is 2.04 bits per heavy atom. The molecule has 0 radical (unpaired) electrons. The number of nitrogens with zero attached hydrogens (tertiary/aromatic N) is 6. The molecule has 0 aromatic carbocycles. The molecular formula is C17H25N7O2. The molecule has 9 heteroatoms. The Morgan fingerprint density at radius 3 is 2.73 bits per heavy atom. The number of anilines is 3. The molecule has 0 aliphatic carbocycles. The van der Waals surface area contributed by atoms with Gasteiger partial charge < -0.3 is 25.0 Å². The topological polar surface area (TPSA) is 103 Å². The van der Waals surface area contributed by atoms with E-state index in [4.69, 9.17) is 15.2 Å². The van der Waals surface area contributed by atoms with Crippen LogP contribution in [0.25, 0.3) is 11.5 Å². The highest BCUT2D eigenvalue weighted by Gasteiger charge is 2.19. The molecule has 3 heterocycles. The van der Waals surface area contributed by atoms with E-state index >= 15 is 0 Å². The molecule has 0 amide bonds. The van der Waals surface area contributed by atoms with Crippen LogP contribution in [-0.2, 0) is 9.47 Å². The number of rotatable bonds is 7. The van der Waals surface area contributed by atoms with Crippen LogP contribution in [0.5, 0.6) is 0 Å². The fraction of sp³-hybridized carbons (Fsp3) is 0.529. The third kappa shape index (κ3) is 4.55. The van der Waals surface area contributed by atoms with Crippen LogP contribution >= 0.6 is 0 Å². The summed E-state index contributed by atoms with van der Waals surface area (Å²) >= 11 is 0. The minimum atomic E-state index is 0.528. The first-order valence-electron chi connectivity index (χ1n) is 8.77. The first kappa shape index (κ1) is 18.3. The van der Waals surface area contributed by atoms with E-state index in [-0.39, 0.29) is 0 Å². The minimum Gasteiger partial charge on any atom is -0.397 e. The lowest BCUT2D eigenvalue weighted by Gasteiger charge is -2.28. The van der Waals surface area contributed by atoms with Crippen LogP contribution in [0.3, 0.4) is 0 Å². The van der Waals surface area contributed by atoms with Crippen LogP contribution in [0.15, 0.2) is 18.3 Å². The zero-order valence-electron chi connectivity index (χ0n) is 15.3. The molecule has 3 rings (SSSR count). The van der Waals surface area contributed by atoms with Gasteiger partial charge in [-0.25, -0.2) is 0 Å². The first-order valence-corrected chi connectivity index (χ1v) is 8.77. The molecule has 0 atom stereocenters. The second-order valence-corrected chi connectivity index (χ2v) is 5.95. The summed E-state index contributed by atoms with van der Waals surface area (Å²) in [6.07, 6.45) is 1.60. The zero-order valence-corrected chi connectivity index (χ0v) is 15.3. The summed E-state index contributed by atoms with van der Waals surface area (Å²) in [5, 5.41) is 0. The number of nitrogens with two attached hydrogens (primary N) is 1. The normalized spacial score (nSPS) is 14.5. The molecule has 1 saturated heterocycles. The van der Waals surface area contributed by atoms with Gasteiger partial charge in [-0.2, -0.15) is 15.0 Å². The number of pyridine rings is 1. The van der Waals surface area contributed by atoms with Crippen molar-refractivity contribution in [3.63, 3.8) is 0 Å². The molecule has 0 unspecified atom stereocenters. The van der Waals surface area contributed by atoms with Crippen molar-refractivity contribution in [1.29, 1.82) is 0 Å². The maximum atomic E-state index is 5.74. The van der Waals surface area contributed by atoms with Crippen molar-refractivity contribution in [3.05, 3.63) is 18.3 Å². The third-order valence-electron chi connectivity index (χ3n) is 4.04. The maximum Gasteiger partial charge on any atom is 0.230 e. The summed E-state index contributed by atoms with van der Waals surface area (Å²) in [7, 11) is 1.94.